The van der Waals surface area contributed by atoms with Gasteiger partial charge in [0, 0.05) is 26.2 Å². The van der Waals surface area contributed by atoms with Gasteiger partial charge in [-0.1, -0.05) is 0 Å². The second-order valence-corrected chi connectivity index (χ2v) is 2.67. The van der Waals surface area contributed by atoms with Crippen LogP contribution in [0.4, 0.5) is 0 Å². The predicted molar refractivity (Wildman–Crippen MR) is 13.1 cm³/mol. The monoisotopic (exact) mass is 232 g/mol. The minimum absolute atomic E-state index is 0. The van der Waals surface area contributed by atoms with Crippen LogP contribution < -0.4 is 0 Å². The average molecular weight is 233 g/mol. The average Bonchev–Trinajstić information content (AvgIpc) is 0.722. The second kappa shape index (κ2) is 3.17. The third kappa shape index (κ3) is 69.2. The standard InChI is InChI=1S/AsH3O4.Zr/c2-1(3,4)5;/h(H3,2,3,4,5);. The van der Waals surface area contributed by atoms with Crippen molar-refractivity contribution in [1.29, 1.82) is 0 Å². The molecule has 0 amide bonds. The predicted octanol–water partition coefficient (Wildman–Crippen LogP) is -2.17. The summed E-state index contributed by atoms with van der Waals surface area (Å²) in [5, 5.41) is 0. The van der Waals surface area contributed by atoms with E-state index in [-0.39, 0.29) is 26.2 Å². The van der Waals surface area contributed by atoms with Crippen molar-refractivity contribution in [1.82, 2.24) is 0 Å². The summed E-state index contributed by atoms with van der Waals surface area (Å²) in [7, 11) is 0. The number of hydrogen-bond acceptors (Lipinski definition) is 1. The van der Waals surface area contributed by atoms with E-state index in [9.17, 15) is 0 Å². The zero-order chi connectivity index (χ0) is 4.50. The summed E-state index contributed by atoms with van der Waals surface area (Å²) >= 11 is -5.12. The summed E-state index contributed by atoms with van der Waals surface area (Å²) in [5.74, 6) is 0. The van der Waals surface area contributed by atoms with Gasteiger partial charge in [0.25, 0.3) is 0 Å². The molecule has 0 saturated heterocycles. The van der Waals surface area contributed by atoms with Gasteiger partial charge in [-0.15, -0.1) is 0 Å². The topological polar surface area (TPSA) is 77.8 Å². The Hall–Kier alpha value is 1.12. The van der Waals surface area contributed by atoms with E-state index in [1.54, 1.807) is 0 Å². The van der Waals surface area contributed by atoms with E-state index in [2.05, 4.69) is 0 Å². The first-order valence-corrected chi connectivity index (χ1v) is 4.07. The van der Waals surface area contributed by atoms with Crippen LogP contribution in [-0.2, 0) is 29.9 Å². The molecule has 0 aliphatic carbocycles. The van der Waals surface area contributed by atoms with Crippen molar-refractivity contribution < 1.29 is 42.2 Å². The third-order valence-electron chi connectivity index (χ3n) is 0. The van der Waals surface area contributed by atoms with Gasteiger partial charge in [0.15, 0.2) is 0 Å². The van der Waals surface area contributed by atoms with Crippen LogP contribution in [0.1, 0.15) is 0 Å². The van der Waals surface area contributed by atoms with Crippen molar-refractivity contribution >= 4 is 14.5 Å². The summed E-state index contributed by atoms with van der Waals surface area (Å²) in [5.41, 5.74) is 0. The fourth-order valence-electron chi connectivity index (χ4n) is 0. The van der Waals surface area contributed by atoms with E-state index < -0.39 is 14.5 Å². The molecule has 0 rings (SSSR count). The fraction of sp³-hybridized carbons (Fsp3) is 0. The molecule has 3 N–H and O–H groups in total. The molecule has 0 spiro atoms. The van der Waals surface area contributed by atoms with Gasteiger partial charge in [0.05, 0.1) is 0 Å². The van der Waals surface area contributed by atoms with Crippen molar-refractivity contribution in [2.45, 2.75) is 0 Å². The summed E-state index contributed by atoms with van der Waals surface area (Å²) in [6, 6.07) is 0. The Kier molecular flexibility index (Phi) is 5.37. The minimum atomic E-state index is -5.12. The van der Waals surface area contributed by atoms with Gasteiger partial charge in [-0.3, -0.25) is 0 Å². The largest absolute Gasteiger partial charge is 0 e. The van der Waals surface area contributed by atoms with E-state index in [0.29, 0.717) is 0 Å². The van der Waals surface area contributed by atoms with E-state index >= 15 is 0 Å². The van der Waals surface area contributed by atoms with Gasteiger partial charge in [-0.25, -0.2) is 0 Å². The third-order valence-corrected chi connectivity index (χ3v) is 0. The first kappa shape index (κ1) is 10.2. The minimum Gasteiger partial charge on any atom is 0 e. The molecule has 0 radical (unpaired) electrons. The maximum atomic E-state index is 8.94. The van der Waals surface area contributed by atoms with Crippen molar-refractivity contribution in [3.8, 4) is 0 Å². The van der Waals surface area contributed by atoms with Crippen LogP contribution in [0.3, 0.4) is 0 Å². The molecule has 0 saturated carbocycles. The van der Waals surface area contributed by atoms with Crippen LogP contribution in [-0.4, -0.2) is 26.8 Å². The first-order valence-electron chi connectivity index (χ1n) is 0.783. The zero-order valence-electron chi connectivity index (χ0n) is 2.70. The SMILES string of the molecule is O=[As](O)(O)O.[Zr]. The normalized spacial score (nSPS) is 9.83. The molecule has 0 bridgehead atoms. The molecule has 0 heterocycles. The van der Waals surface area contributed by atoms with E-state index in [0.717, 1.165) is 0 Å². The Morgan fingerprint density at radius 3 is 1.17 bits per heavy atom. The molecule has 36 valence electrons. The molecule has 4 nitrogen and oxygen atoms in total. The molecule has 0 unspecified atom stereocenters. The van der Waals surface area contributed by atoms with Gasteiger partial charge >= 0.3 is 30.5 Å². The van der Waals surface area contributed by atoms with Crippen LogP contribution in [0.5, 0.6) is 0 Å². The summed E-state index contributed by atoms with van der Waals surface area (Å²) in [4.78, 5) is 0. The van der Waals surface area contributed by atoms with Crippen molar-refractivity contribution in [3.63, 3.8) is 0 Å². The Morgan fingerprint density at radius 2 is 1.17 bits per heavy atom. The molecule has 6 heavy (non-hydrogen) atoms. The Balaban J connectivity index is 0. The summed E-state index contributed by atoms with van der Waals surface area (Å²) < 4.78 is 30.7. The molecule has 0 aromatic heterocycles. The maximum absolute atomic E-state index is 8.94. The van der Waals surface area contributed by atoms with Crippen LogP contribution in [0, 0.1) is 0 Å². The van der Waals surface area contributed by atoms with Crippen LogP contribution in [0.15, 0.2) is 0 Å². The molecule has 0 aliphatic heterocycles. The van der Waals surface area contributed by atoms with Gasteiger partial charge in [-0.05, 0) is 0 Å². The molecular weight excluding hydrogens is 230 g/mol. The van der Waals surface area contributed by atoms with E-state index in [4.69, 9.17) is 16.0 Å². The van der Waals surface area contributed by atoms with Crippen molar-refractivity contribution in [2.24, 2.45) is 0 Å². The molecule has 0 aliphatic rings. The molecular formula is H3AsO4Zr. The summed E-state index contributed by atoms with van der Waals surface area (Å²) in [6.07, 6.45) is 0. The zero-order valence-corrected chi connectivity index (χ0v) is 7.03. The van der Waals surface area contributed by atoms with Gasteiger partial charge < -0.3 is 0 Å². The van der Waals surface area contributed by atoms with Crippen LogP contribution >= 0.6 is 0 Å². The van der Waals surface area contributed by atoms with Crippen molar-refractivity contribution in [3.05, 3.63) is 0 Å². The molecule has 0 fully saturated rings. The van der Waals surface area contributed by atoms with Crippen LogP contribution in [0.2, 0.25) is 0 Å². The van der Waals surface area contributed by atoms with Gasteiger partial charge in [0.1, 0.15) is 0 Å². The maximum Gasteiger partial charge on any atom is 0 e. The second-order valence-electron chi connectivity index (χ2n) is 0.513. The van der Waals surface area contributed by atoms with E-state index in [1.165, 1.54) is 0 Å². The quantitative estimate of drug-likeness (QED) is 0.416. The van der Waals surface area contributed by atoms with E-state index in [1.807, 2.05) is 0 Å². The van der Waals surface area contributed by atoms with Crippen molar-refractivity contribution in [2.75, 3.05) is 0 Å². The number of hydrogen-bond donors (Lipinski definition) is 3. The Bertz CT molecular complexity index is 53.7. The summed E-state index contributed by atoms with van der Waals surface area (Å²) in [6.45, 7) is 0. The Labute approximate surface area is 56.7 Å². The molecule has 0 aromatic rings. The smallest absolute Gasteiger partial charge is 0 e. The first-order chi connectivity index (χ1) is 2.00. The molecule has 6 heteroatoms. The number of rotatable bonds is 0. The molecule has 0 aromatic carbocycles. The molecule has 0 atom stereocenters. The Morgan fingerprint density at radius 1 is 1.17 bits per heavy atom. The van der Waals surface area contributed by atoms with Crippen LogP contribution in [0.25, 0.3) is 0 Å². The fourth-order valence-corrected chi connectivity index (χ4v) is 0. The van der Waals surface area contributed by atoms with Gasteiger partial charge in [0.2, 0.25) is 0 Å². The van der Waals surface area contributed by atoms with Gasteiger partial charge in [-0.2, -0.15) is 0 Å².